The predicted molar refractivity (Wildman–Crippen MR) is 84.5 cm³/mol. The zero-order chi connectivity index (χ0) is 14.8. The van der Waals surface area contributed by atoms with Crippen molar-refractivity contribution >= 4 is 17.7 Å². The molecule has 1 heterocycles. The zero-order valence-electron chi connectivity index (χ0n) is 11.7. The van der Waals surface area contributed by atoms with Crippen molar-refractivity contribution in [3.8, 4) is 0 Å². The molecule has 1 aliphatic heterocycles. The summed E-state index contributed by atoms with van der Waals surface area (Å²) in [5.41, 5.74) is 3.58. The second-order valence-corrected chi connectivity index (χ2v) is 6.20. The molecule has 0 fully saturated rings. The number of hydrogen-bond donors (Lipinski definition) is 2. The Morgan fingerprint density at radius 2 is 1.86 bits per heavy atom. The minimum absolute atomic E-state index is 0.0847. The predicted octanol–water partition coefficient (Wildman–Crippen LogP) is 3.44. The van der Waals surface area contributed by atoms with Crippen molar-refractivity contribution in [2.75, 3.05) is 0 Å². The van der Waals surface area contributed by atoms with Crippen LogP contribution < -0.4 is 5.32 Å². The van der Waals surface area contributed by atoms with Gasteiger partial charge in [-0.25, -0.2) is 0 Å². The van der Waals surface area contributed by atoms with Crippen LogP contribution in [0.2, 0.25) is 0 Å². The van der Waals surface area contributed by atoms with Crippen LogP contribution in [0.5, 0.6) is 0 Å². The van der Waals surface area contributed by atoms with Gasteiger partial charge in [-0.2, -0.15) is 0 Å². The van der Waals surface area contributed by atoms with Crippen LogP contribution in [0.25, 0.3) is 0 Å². The van der Waals surface area contributed by atoms with E-state index in [0.717, 1.165) is 11.3 Å². The Bertz CT molecular complexity index is 624. The minimum Gasteiger partial charge on any atom is -0.480 e. The van der Waals surface area contributed by atoms with Crippen molar-refractivity contribution in [1.29, 1.82) is 0 Å². The fraction of sp³-hybridized carbons (Fsp3) is 0.235. The van der Waals surface area contributed by atoms with E-state index in [1.807, 2.05) is 24.3 Å². The first-order valence-corrected chi connectivity index (χ1v) is 7.94. The Morgan fingerprint density at radius 1 is 1.19 bits per heavy atom. The molecular formula is C17H17NO2S. The summed E-state index contributed by atoms with van der Waals surface area (Å²) in [7, 11) is 0. The highest BCUT2D eigenvalue weighted by Gasteiger charge is 2.26. The van der Waals surface area contributed by atoms with Crippen molar-refractivity contribution in [3.05, 3.63) is 65.2 Å². The molecule has 2 atom stereocenters. The van der Waals surface area contributed by atoms with Gasteiger partial charge in [0.15, 0.2) is 0 Å². The largest absolute Gasteiger partial charge is 0.480 e. The molecule has 0 bridgehead atoms. The number of aliphatic carboxylic acids is 1. The first-order chi connectivity index (χ1) is 10.2. The molecule has 0 saturated heterocycles. The highest BCUT2D eigenvalue weighted by Crippen LogP contribution is 2.39. The van der Waals surface area contributed by atoms with Crippen LogP contribution in [0.4, 0.5) is 0 Å². The van der Waals surface area contributed by atoms with E-state index in [9.17, 15) is 9.90 Å². The fourth-order valence-electron chi connectivity index (χ4n) is 2.62. The van der Waals surface area contributed by atoms with Crippen LogP contribution in [0, 0.1) is 0 Å². The average molecular weight is 299 g/mol. The second kappa shape index (κ2) is 5.92. The first-order valence-electron chi connectivity index (χ1n) is 6.95. The number of fused-ring (bicyclic) bond motifs is 2. The van der Waals surface area contributed by atoms with Crippen LogP contribution in [0.15, 0.2) is 53.4 Å². The third kappa shape index (κ3) is 2.82. The smallest absolute Gasteiger partial charge is 0.320 e. The Kier molecular flexibility index (Phi) is 3.99. The zero-order valence-corrected chi connectivity index (χ0v) is 12.6. The molecule has 0 amide bonds. The summed E-state index contributed by atoms with van der Waals surface area (Å²) in [4.78, 5) is 12.4. The number of thioether (sulfide) groups is 1. The monoisotopic (exact) mass is 299 g/mol. The molecule has 0 spiro atoms. The van der Waals surface area contributed by atoms with Crippen molar-refractivity contribution in [2.24, 2.45) is 0 Å². The SMILES string of the molecule is C[C@H](N[C@@H]1c2ccccc2CSc2ccccc21)C(=O)O. The van der Waals surface area contributed by atoms with Gasteiger partial charge in [0, 0.05) is 10.6 Å². The van der Waals surface area contributed by atoms with Gasteiger partial charge in [0.2, 0.25) is 0 Å². The Morgan fingerprint density at radius 3 is 2.62 bits per heavy atom. The van der Waals surface area contributed by atoms with E-state index in [4.69, 9.17) is 0 Å². The lowest BCUT2D eigenvalue weighted by Crippen LogP contribution is -2.37. The van der Waals surface area contributed by atoms with Gasteiger partial charge in [-0.15, -0.1) is 11.8 Å². The summed E-state index contributed by atoms with van der Waals surface area (Å²) >= 11 is 1.80. The van der Waals surface area contributed by atoms with Crippen molar-refractivity contribution in [3.63, 3.8) is 0 Å². The molecule has 3 nitrogen and oxygen atoms in total. The summed E-state index contributed by atoms with van der Waals surface area (Å²) < 4.78 is 0. The quantitative estimate of drug-likeness (QED) is 0.911. The lowest BCUT2D eigenvalue weighted by atomic mass is 9.94. The van der Waals surface area contributed by atoms with Crippen LogP contribution in [-0.2, 0) is 10.5 Å². The number of carbonyl (C=O) groups is 1. The van der Waals surface area contributed by atoms with Gasteiger partial charge in [0.25, 0.3) is 0 Å². The number of benzene rings is 2. The average Bonchev–Trinajstić information content (AvgIpc) is 2.65. The number of carboxylic acid groups (broad SMARTS) is 1. The molecule has 108 valence electrons. The maximum Gasteiger partial charge on any atom is 0.320 e. The van der Waals surface area contributed by atoms with Crippen LogP contribution in [0.1, 0.15) is 29.7 Å². The summed E-state index contributed by atoms with van der Waals surface area (Å²) in [6.45, 7) is 1.69. The van der Waals surface area contributed by atoms with Crippen LogP contribution >= 0.6 is 11.8 Å². The molecule has 0 saturated carbocycles. The summed E-state index contributed by atoms with van der Waals surface area (Å²) in [5, 5.41) is 12.5. The lowest BCUT2D eigenvalue weighted by Gasteiger charge is -2.23. The van der Waals surface area contributed by atoms with E-state index in [0.29, 0.717) is 0 Å². The van der Waals surface area contributed by atoms with Crippen LogP contribution in [0.3, 0.4) is 0 Å². The van der Waals surface area contributed by atoms with E-state index in [-0.39, 0.29) is 6.04 Å². The molecule has 3 rings (SSSR count). The number of nitrogens with one attached hydrogen (secondary N) is 1. The molecule has 0 unspecified atom stereocenters. The summed E-state index contributed by atoms with van der Waals surface area (Å²) in [5.74, 6) is 0.0779. The van der Waals surface area contributed by atoms with Gasteiger partial charge >= 0.3 is 5.97 Å². The Labute approximate surface area is 128 Å². The topological polar surface area (TPSA) is 49.3 Å². The molecule has 2 aromatic rings. The normalized spacial score (nSPS) is 18.2. The first kappa shape index (κ1) is 14.2. The number of rotatable bonds is 3. The Hall–Kier alpha value is -1.78. The van der Waals surface area contributed by atoms with Gasteiger partial charge in [-0.05, 0) is 29.7 Å². The number of carboxylic acids is 1. The summed E-state index contributed by atoms with van der Waals surface area (Å²) in [6.07, 6.45) is 0. The molecule has 4 heteroatoms. The molecule has 0 aromatic heterocycles. The lowest BCUT2D eigenvalue weighted by molar-refractivity contribution is -0.139. The third-order valence-corrected chi connectivity index (χ3v) is 4.90. The van der Waals surface area contributed by atoms with Gasteiger partial charge in [0.05, 0.1) is 6.04 Å². The van der Waals surface area contributed by atoms with Crippen LogP contribution in [-0.4, -0.2) is 17.1 Å². The van der Waals surface area contributed by atoms with E-state index < -0.39 is 12.0 Å². The number of hydrogen-bond acceptors (Lipinski definition) is 3. The molecule has 2 aromatic carbocycles. The van der Waals surface area contributed by atoms with E-state index in [1.165, 1.54) is 16.0 Å². The molecule has 0 radical (unpaired) electrons. The third-order valence-electron chi connectivity index (χ3n) is 3.77. The van der Waals surface area contributed by atoms with E-state index >= 15 is 0 Å². The van der Waals surface area contributed by atoms with E-state index in [2.05, 4.69) is 29.6 Å². The minimum atomic E-state index is -0.832. The van der Waals surface area contributed by atoms with Gasteiger partial charge in [-0.1, -0.05) is 42.5 Å². The highest BCUT2D eigenvalue weighted by atomic mass is 32.2. The van der Waals surface area contributed by atoms with Gasteiger partial charge in [0.1, 0.15) is 6.04 Å². The molecule has 21 heavy (non-hydrogen) atoms. The molecule has 1 aliphatic rings. The maximum absolute atomic E-state index is 11.2. The molecule has 2 N–H and O–H groups in total. The fourth-order valence-corrected chi connectivity index (χ4v) is 3.72. The Balaban J connectivity index is 2.08. The highest BCUT2D eigenvalue weighted by molar-refractivity contribution is 7.98. The van der Waals surface area contributed by atoms with Crippen molar-refractivity contribution in [2.45, 2.75) is 29.7 Å². The second-order valence-electron chi connectivity index (χ2n) is 5.18. The van der Waals surface area contributed by atoms with Crippen molar-refractivity contribution < 1.29 is 9.90 Å². The maximum atomic E-state index is 11.2. The van der Waals surface area contributed by atoms with E-state index in [1.54, 1.807) is 18.7 Å². The van der Waals surface area contributed by atoms with Crippen molar-refractivity contribution in [1.82, 2.24) is 5.32 Å². The standard InChI is InChI=1S/C17H17NO2S/c1-11(17(19)20)18-16-13-7-3-2-6-12(13)10-21-15-9-5-4-8-14(15)16/h2-9,11,16,18H,10H2,1H3,(H,19,20)/t11-,16+/m0/s1. The summed E-state index contributed by atoms with van der Waals surface area (Å²) in [6, 6.07) is 15.8. The van der Waals surface area contributed by atoms with Gasteiger partial charge in [-0.3, -0.25) is 10.1 Å². The molecular weight excluding hydrogens is 282 g/mol. The van der Waals surface area contributed by atoms with Gasteiger partial charge < -0.3 is 5.11 Å². The molecule has 0 aliphatic carbocycles.